The molecule has 5 nitrogen and oxygen atoms in total. The topological polar surface area (TPSA) is 90.1 Å². The van der Waals surface area contributed by atoms with Crippen LogP contribution in [-0.2, 0) is 26.5 Å². The van der Waals surface area contributed by atoms with Gasteiger partial charge in [0.1, 0.15) is 0 Å². The molecule has 0 amide bonds. The quantitative estimate of drug-likeness (QED) is 0.301. The number of rotatable bonds is 2. The van der Waals surface area contributed by atoms with Gasteiger partial charge in [0.05, 0.1) is 0 Å². The van der Waals surface area contributed by atoms with Gasteiger partial charge in [-0.05, 0) is 26.9 Å². The van der Waals surface area contributed by atoms with Crippen LogP contribution in [-0.4, -0.2) is 41.2 Å². The van der Waals surface area contributed by atoms with Crippen LogP contribution in [0.25, 0.3) is 0 Å². The predicted molar refractivity (Wildman–Crippen MR) is 61.0 cm³/mol. The first kappa shape index (κ1) is 29.7. The average molecular weight is 270 g/mol. The first-order valence-corrected chi connectivity index (χ1v) is 4.87. The van der Waals surface area contributed by atoms with Gasteiger partial charge in [-0.3, -0.25) is 0 Å². The molecule has 0 aromatic heterocycles. The van der Waals surface area contributed by atoms with Crippen molar-refractivity contribution in [1.29, 1.82) is 0 Å². The SMILES string of the molecule is CCO.CCO.CCO.CC[CH-]N=C=O.[Ti]. The molecule has 0 spiro atoms. The number of aliphatic hydroxyl groups is 3. The summed E-state index contributed by atoms with van der Waals surface area (Å²) in [7, 11) is 0. The molecule has 0 aromatic carbocycles. The molecule has 0 aliphatic heterocycles. The average Bonchev–Trinajstić information content (AvgIpc) is 2.18. The second-order valence-electron chi connectivity index (χ2n) is 1.76. The molecule has 6 heteroatoms. The Labute approximate surface area is 113 Å². The van der Waals surface area contributed by atoms with Crippen LogP contribution < -0.4 is 0 Å². The van der Waals surface area contributed by atoms with Gasteiger partial charge < -0.3 is 25.1 Å². The first-order chi connectivity index (χ1) is 7.16. The number of hydrogen-bond donors (Lipinski definition) is 3. The van der Waals surface area contributed by atoms with Crippen LogP contribution in [0.2, 0.25) is 0 Å². The maximum Gasteiger partial charge on any atom is 0.0402 e. The van der Waals surface area contributed by atoms with E-state index in [4.69, 9.17) is 15.3 Å². The van der Waals surface area contributed by atoms with E-state index in [0.29, 0.717) is 0 Å². The molecule has 0 fully saturated rings. The molecule has 0 aliphatic carbocycles. The van der Waals surface area contributed by atoms with Crippen molar-refractivity contribution in [2.24, 2.45) is 4.99 Å². The fourth-order valence-electron chi connectivity index (χ4n) is 0.129. The number of isocyanates is 1. The first-order valence-electron chi connectivity index (χ1n) is 4.87. The minimum absolute atomic E-state index is 0. The van der Waals surface area contributed by atoms with E-state index in [-0.39, 0.29) is 41.5 Å². The summed E-state index contributed by atoms with van der Waals surface area (Å²) in [5.74, 6) is 0. The van der Waals surface area contributed by atoms with Gasteiger partial charge in [0.15, 0.2) is 0 Å². The van der Waals surface area contributed by atoms with Gasteiger partial charge in [-0.2, -0.15) is 0 Å². The van der Waals surface area contributed by atoms with Gasteiger partial charge in [-0.15, -0.1) is 6.54 Å². The van der Waals surface area contributed by atoms with E-state index < -0.39 is 0 Å². The second-order valence-corrected chi connectivity index (χ2v) is 1.76. The van der Waals surface area contributed by atoms with Crippen LogP contribution >= 0.6 is 0 Å². The van der Waals surface area contributed by atoms with Crippen LogP contribution in [0.15, 0.2) is 4.99 Å². The molecule has 0 saturated heterocycles. The Bertz CT molecular complexity index is 104. The van der Waals surface area contributed by atoms with Gasteiger partial charge >= 0.3 is 0 Å². The summed E-state index contributed by atoms with van der Waals surface area (Å²) in [4.78, 5) is 12.4. The van der Waals surface area contributed by atoms with E-state index >= 15 is 0 Å². The Kier molecular flexibility index (Phi) is 113. The van der Waals surface area contributed by atoms with Crippen molar-refractivity contribution in [3.8, 4) is 0 Å². The molecular weight excluding hydrogens is 246 g/mol. The van der Waals surface area contributed by atoms with Gasteiger partial charge in [-0.25, -0.2) is 0 Å². The van der Waals surface area contributed by atoms with Crippen molar-refractivity contribution >= 4 is 6.08 Å². The van der Waals surface area contributed by atoms with Gasteiger partial charge in [-0.1, -0.05) is 13.3 Å². The van der Waals surface area contributed by atoms with Crippen molar-refractivity contribution in [1.82, 2.24) is 0 Å². The zero-order valence-electron chi connectivity index (χ0n) is 10.6. The van der Waals surface area contributed by atoms with E-state index in [2.05, 4.69) is 4.99 Å². The molecule has 0 aliphatic rings. The summed E-state index contributed by atoms with van der Waals surface area (Å²) in [5, 5.41) is 22.7. The summed E-state index contributed by atoms with van der Waals surface area (Å²) >= 11 is 0. The molecular formula is C10H24NO4Ti-. The molecule has 3 N–H and O–H groups in total. The molecule has 0 aromatic rings. The molecule has 0 radical (unpaired) electrons. The van der Waals surface area contributed by atoms with Crippen molar-refractivity contribution in [3.63, 3.8) is 0 Å². The molecule has 0 unspecified atom stereocenters. The Morgan fingerprint density at radius 2 is 1.25 bits per heavy atom. The normalized spacial score (nSPS) is 5.69. The van der Waals surface area contributed by atoms with Crippen molar-refractivity contribution in [3.05, 3.63) is 6.54 Å². The molecule has 0 bridgehead atoms. The number of aliphatic hydroxyl groups excluding tert-OH is 3. The minimum Gasteiger partial charge on any atom is -0.397 e. The molecule has 98 valence electrons. The maximum atomic E-state index is 9.24. The largest absolute Gasteiger partial charge is 0.397 e. The predicted octanol–water partition coefficient (Wildman–Crippen LogP) is 0.887. The van der Waals surface area contributed by atoms with Crippen LogP contribution in [0.1, 0.15) is 34.1 Å². The van der Waals surface area contributed by atoms with E-state index in [0.717, 1.165) is 6.42 Å². The van der Waals surface area contributed by atoms with E-state index in [1.54, 1.807) is 20.8 Å². The third-order valence-electron chi connectivity index (χ3n) is 0.327. The summed E-state index contributed by atoms with van der Waals surface area (Å²) < 4.78 is 0. The maximum absolute atomic E-state index is 9.24. The molecule has 0 rings (SSSR count). The fourth-order valence-corrected chi connectivity index (χ4v) is 0.129. The van der Waals surface area contributed by atoms with Crippen LogP contribution in [0.3, 0.4) is 0 Å². The van der Waals surface area contributed by atoms with Crippen LogP contribution in [0.4, 0.5) is 0 Å². The zero-order chi connectivity index (χ0) is 12.9. The Morgan fingerprint density at radius 3 is 1.31 bits per heavy atom. The van der Waals surface area contributed by atoms with E-state index in [1.165, 1.54) is 12.6 Å². The fraction of sp³-hybridized carbons (Fsp3) is 0.800. The standard InChI is InChI=1S/C4H6NO.3C2H6O.Ti/c1-2-3-5-4-6;3*1-2-3;/h3H,2H2,1H3;3*3H,2H2,1H3;/q-1;;;;. The van der Waals surface area contributed by atoms with Crippen LogP contribution in [0.5, 0.6) is 0 Å². The van der Waals surface area contributed by atoms with Crippen molar-refractivity contribution in [2.75, 3.05) is 19.8 Å². The number of hydrogen-bond acceptors (Lipinski definition) is 5. The molecule has 0 saturated carbocycles. The monoisotopic (exact) mass is 270 g/mol. The minimum atomic E-state index is 0. The number of nitrogens with zero attached hydrogens (tertiary/aromatic N) is 1. The molecule has 0 atom stereocenters. The van der Waals surface area contributed by atoms with Crippen molar-refractivity contribution < 1.29 is 41.8 Å². The van der Waals surface area contributed by atoms with E-state index in [9.17, 15) is 4.79 Å². The third-order valence-corrected chi connectivity index (χ3v) is 0.327. The zero-order valence-corrected chi connectivity index (χ0v) is 12.2. The molecule has 0 heterocycles. The van der Waals surface area contributed by atoms with Gasteiger partial charge in [0.2, 0.25) is 0 Å². The van der Waals surface area contributed by atoms with Gasteiger partial charge in [0.25, 0.3) is 0 Å². The number of aliphatic imine (C=N–C) groups is 1. The summed E-state index contributed by atoms with van der Waals surface area (Å²) in [5.41, 5.74) is 0. The Morgan fingerprint density at radius 1 is 1.00 bits per heavy atom. The third kappa shape index (κ3) is 282. The number of carbonyl (C=O) groups excluding carboxylic acids is 1. The van der Waals surface area contributed by atoms with Gasteiger partial charge in [0, 0.05) is 41.5 Å². The summed E-state index contributed by atoms with van der Waals surface area (Å²) in [6.07, 6.45) is 2.19. The summed E-state index contributed by atoms with van der Waals surface area (Å²) in [6.45, 7) is 9.20. The molecule has 16 heavy (non-hydrogen) atoms. The summed E-state index contributed by atoms with van der Waals surface area (Å²) in [6, 6.07) is 0. The van der Waals surface area contributed by atoms with Crippen molar-refractivity contribution in [2.45, 2.75) is 34.1 Å². The van der Waals surface area contributed by atoms with E-state index in [1.807, 2.05) is 6.92 Å². The Balaban J connectivity index is -0.0000000353. The second kappa shape index (κ2) is 60.7. The Hall–Kier alpha value is -0.156. The van der Waals surface area contributed by atoms with Crippen LogP contribution in [0, 0.1) is 6.54 Å². The smallest absolute Gasteiger partial charge is 0.0402 e.